The van der Waals surface area contributed by atoms with Crippen LogP contribution in [0.5, 0.6) is 0 Å². The topological polar surface area (TPSA) is 111 Å². The summed E-state index contributed by atoms with van der Waals surface area (Å²) in [6.07, 6.45) is 5.71. The minimum Gasteiger partial charge on any atom is -0.458 e. The summed E-state index contributed by atoms with van der Waals surface area (Å²) in [5, 5.41) is 10.3. The van der Waals surface area contributed by atoms with Crippen molar-refractivity contribution in [2.45, 2.75) is 63.7 Å². The Bertz CT molecular complexity index is 1040. The number of esters is 1. The maximum atomic E-state index is 13.7. The number of amides is 1. The summed E-state index contributed by atoms with van der Waals surface area (Å²) in [7, 11) is 2.89. The Kier molecular flexibility index (Phi) is 5.07. The Morgan fingerprint density at radius 3 is 2.22 bits per heavy atom. The van der Waals surface area contributed by atoms with E-state index in [1.54, 1.807) is 4.90 Å². The smallest absolute Gasteiger partial charge is 0.330 e. The maximum absolute atomic E-state index is 13.7. The number of rotatable bonds is 4. The van der Waals surface area contributed by atoms with Gasteiger partial charge in [0.2, 0.25) is 5.91 Å². The van der Waals surface area contributed by atoms with Crippen LogP contribution in [-0.4, -0.2) is 49.7 Å². The Morgan fingerprint density at radius 1 is 1.03 bits per heavy atom. The van der Waals surface area contributed by atoms with E-state index in [0.717, 1.165) is 23.8 Å². The van der Waals surface area contributed by atoms with Crippen LogP contribution >= 0.6 is 0 Å². The molecule has 1 aromatic rings. The van der Waals surface area contributed by atoms with Crippen molar-refractivity contribution < 1.29 is 19.4 Å². The van der Waals surface area contributed by atoms with E-state index in [0.29, 0.717) is 17.8 Å². The number of β-amino-alcohol motifs (C(OH)–C–C–N with tert-alkyl or cyclic N) is 1. The predicted octanol–water partition coefficient (Wildman–Crippen LogP) is 0.305. The van der Waals surface area contributed by atoms with Crippen LogP contribution in [-0.2, 0) is 35.0 Å². The largest absolute Gasteiger partial charge is 0.458 e. The fourth-order valence-corrected chi connectivity index (χ4v) is 7.10. The van der Waals surface area contributed by atoms with Gasteiger partial charge in [0, 0.05) is 33.1 Å². The zero-order valence-electron chi connectivity index (χ0n) is 18.7. The lowest BCUT2D eigenvalue weighted by atomic mass is 9.49. The van der Waals surface area contributed by atoms with Gasteiger partial charge in [-0.3, -0.25) is 18.7 Å². The van der Waals surface area contributed by atoms with Crippen LogP contribution in [0.15, 0.2) is 15.7 Å². The lowest BCUT2D eigenvalue weighted by Crippen LogP contribution is -2.56. The molecule has 6 rings (SSSR count). The van der Waals surface area contributed by atoms with E-state index in [4.69, 9.17) is 4.74 Å². The molecule has 1 saturated heterocycles. The molecule has 32 heavy (non-hydrogen) atoms. The SMILES string of the molecule is Cn1c(COC(=O)[C@@H]2CC(O)CN2C(=O)C23CC4CC(CC(C4)C2)C3)cc(=O)n(C)c1=O. The van der Waals surface area contributed by atoms with Gasteiger partial charge in [-0.15, -0.1) is 0 Å². The number of hydrogen-bond donors (Lipinski definition) is 1. The fourth-order valence-electron chi connectivity index (χ4n) is 7.10. The van der Waals surface area contributed by atoms with Gasteiger partial charge in [-0.2, -0.15) is 0 Å². The van der Waals surface area contributed by atoms with Crippen LogP contribution in [0.4, 0.5) is 0 Å². The first-order chi connectivity index (χ1) is 15.2. The predicted molar refractivity (Wildman–Crippen MR) is 113 cm³/mol. The molecule has 9 heteroatoms. The van der Waals surface area contributed by atoms with Crippen molar-refractivity contribution >= 4 is 11.9 Å². The summed E-state index contributed by atoms with van der Waals surface area (Å²) in [5.41, 5.74) is -1.09. The fraction of sp³-hybridized carbons (Fsp3) is 0.739. The third-order valence-corrected chi connectivity index (χ3v) is 8.29. The van der Waals surface area contributed by atoms with Gasteiger partial charge in [-0.25, -0.2) is 9.59 Å². The summed E-state index contributed by atoms with van der Waals surface area (Å²) in [5.74, 6) is 1.20. The first-order valence-electron chi connectivity index (χ1n) is 11.6. The zero-order chi connectivity index (χ0) is 22.8. The molecule has 1 aromatic heterocycles. The van der Waals surface area contributed by atoms with E-state index in [-0.39, 0.29) is 31.2 Å². The zero-order valence-corrected chi connectivity index (χ0v) is 18.7. The van der Waals surface area contributed by atoms with Gasteiger partial charge in [0.25, 0.3) is 5.56 Å². The molecule has 2 atom stereocenters. The number of aliphatic hydroxyl groups excluding tert-OH is 1. The average Bonchev–Trinajstić information content (AvgIpc) is 3.13. The molecular formula is C23H31N3O6. The number of hydrogen-bond acceptors (Lipinski definition) is 6. The highest BCUT2D eigenvalue weighted by Gasteiger charge is 2.57. The molecule has 174 valence electrons. The minimum absolute atomic E-state index is 0.00363. The van der Waals surface area contributed by atoms with Gasteiger partial charge >= 0.3 is 11.7 Å². The van der Waals surface area contributed by atoms with Crippen molar-refractivity contribution in [3.8, 4) is 0 Å². The Labute approximate surface area is 186 Å². The average molecular weight is 446 g/mol. The number of ether oxygens (including phenoxy) is 1. The molecule has 9 nitrogen and oxygen atoms in total. The molecule has 0 aromatic carbocycles. The molecule has 1 amide bonds. The van der Waals surface area contributed by atoms with Crippen molar-refractivity contribution in [3.05, 3.63) is 32.6 Å². The number of carbonyl (C=O) groups is 2. The van der Waals surface area contributed by atoms with Crippen molar-refractivity contribution in [1.29, 1.82) is 0 Å². The molecule has 1 aliphatic heterocycles. The number of nitrogens with zero attached hydrogens (tertiary/aromatic N) is 3. The summed E-state index contributed by atoms with van der Waals surface area (Å²) >= 11 is 0. The van der Waals surface area contributed by atoms with E-state index in [1.807, 2.05) is 0 Å². The van der Waals surface area contributed by atoms with Crippen LogP contribution in [0, 0.1) is 23.2 Å². The Morgan fingerprint density at radius 2 is 1.62 bits per heavy atom. The highest BCUT2D eigenvalue weighted by molar-refractivity contribution is 5.89. The molecule has 2 heterocycles. The molecule has 1 N–H and O–H groups in total. The second-order valence-corrected chi connectivity index (χ2v) is 10.5. The third-order valence-electron chi connectivity index (χ3n) is 8.29. The van der Waals surface area contributed by atoms with Crippen molar-refractivity contribution in [3.63, 3.8) is 0 Å². The van der Waals surface area contributed by atoms with E-state index < -0.39 is 34.8 Å². The van der Waals surface area contributed by atoms with E-state index in [9.17, 15) is 24.3 Å². The lowest BCUT2D eigenvalue weighted by molar-refractivity contribution is -0.166. The summed E-state index contributed by atoms with van der Waals surface area (Å²) in [6.45, 7) is -0.0998. The maximum Gasteiger partial charge on any atom is 0.330 e. The van der Waals surface area contributed by atoms with Crippen LogP contribution in [0.3, 0.4) is 0 Å². The minimum atomic E-state index is -0.839. The van der Waals surface area contributed by atoms with Gasteiger partial charge < -0.3 is 14.7 Å². The van der Waals surface area contributed by atoms with Crippen molar-refractivity contribution in [1.82, 2.24) is 14.0 Å². The molecule has 4 saturated carbocycles. The molecule has 0 radical (unpaired) electrons. The number of likely N-dealkylation sites (tertiary alicyclic amines) is 1. The highest BCUT2D eigenvalue weighted by Crippen LogP contribution is 2.60. The standard InChI is InChI=1S/C23H31N3O6/c1-24-16(6-19(28)25(2)22(24)31)12-32-20(29)18-7-17(27)11-26(18)21(30)23-8-13-3-14(9-23)5-15(4-13)10-23/h6,13-15,17-18,27H,3-5,7-12H2,1-2H3/t13?,14?,15?,17?,18-,23?/m0/s1. The number of aliphatic hydroxyl groups is 1. The first kappa shape index (κ1) is 21.4. The third kappa shape index (κ3) is 3.41. The van der Waals surface area contributed by atoms with Crippen LogP contribution in [0.2, 0.25) is 0 Å². The van der Waals surface area contributed by atoms with E-state index >= 15 is 0 Å². The molecule has 4 aliphatic carbocycles. The first-order valence-corrected chi connectivity index (χ1v) is 11.6. The van der Waals surface area contributed by atoms with Crippen LogP contribution in [0.25, 0.3) is 0 Å². The monoisotopic (exact) mass is 445 g/mol. The normalized spacial score (nSPS) is 35.3. The molecular weight excluding hydrogens is 414 g/mol. The quantitative estimate of drug-likeness (QED) is 0.668. The van der Waals surface area contributed by atoms with Crippen molar-refractivity contribution in [2.24, 2.45) is 37.3 Å². The van der Waals surface area contributed by atoms with Crippen molar-refractivity contribution in [2.75, 3.05) is 6.54 Å². The van der Waals surface area contributed by atoms with Crippen LogP contribution in [0.1, 0.15) is 50.6 Å². The number of carbonyl (C=O) groups excluding carboxylic acids is 2. The summed E-state index contributed by atoms with van der Waals surface area (Å²) < 4.78 is 7.68. The lowest BCUT2D eigenvalue weighted by Gasteiger charge is -2.56. The molecule has 5 aliphatic rings. The number of aromatic nitrogens is 2. The molecule has 1 unspecified atom stereocenters. The molecule has 0 spiro atoms. The Balaban J connectivity index is 1.32. The second-order valence-electron chi connectivity index (χ2n) is 10.5. The van der Waals surface area contributed by atoms with Gasteiger partial charge in [-0.1, -0.05) is 0 Å². The van der Waals surface area contributed by atoms with Gasteiger partial charge in [-0.05, 0) is 56.3 Å². The second kappa shape index (κ2) is 7.57. The Hall–Kier alpha value is -2.42. The van der Waals surface area contributed by atoms with Gasteiger partial charge in [0.1, 0.15) is 12.6 Å². The molecule has 4 bridgehead atoms. The van der Waals surface area contributed by atoms with E-state index in [2.05, 4.69) is 0 Å². The summed E-state index contributed by atoms with van der Waals surface area (Å²) in [4.78, 5) is 52.3. The van der Waals surface area contributed by atoms with Gasteiger partial charge in [0.15, 0.2) is 0 Å². The van der Waals surface area contributed by atoms with E-state index in [1.165, 1.54) is 44.0 Å². The molecule has 5 fully saturated rings. The summed E-state index contributed by atoms with van der Waals surface area (Å²) in [6, 6.07) is 0.422. The van der Waals surface area contributed by atoms with Crippen LogP contribution < -0.4 is 11.2 Å². The highest BCUT2D eigenvalue weighted by atomic mass is 16.5. The van der Waals surface area contributed by atoms with Gasteiger partial charge in [0.05, 0.1) is 17.2 Å².